The Labute approximate surface area is 210 Å². The molecule has 2 N–H and O–H groups in total. The third kappa shape index (κ3) is 4.87. The van der Waals surface area contributed by atoms with Crippen LogP contribution < -0.4 is 14.9 Å². The van der Waals surface area contributed by atoms with Crippen LogP contribution in [-0.4, -0.2) is 37.1 Å². The summed E-state index contributed by atoms with van der Waals surface area (Å²) in [5.41, 5.74) is 6.08. The van der Waals surface area contributed by atoms with Gasteiger partial charge in [-0.1, -0.05) is 29.8 Å². The average molecular weight is 499 g/mol. The molecule has 0 saturated heterocycles. The average Bonchev–Trinajstić information content (AvgIpc) is 3.29. The van der Waals surface area contributed by atoms with Crippen LogP contribution in [0.1, 0.15) is 5.56 Å². The molecule has 8 nitrogen and oxygen atoms in total. The van der Waals surface area contributed by atoms with Gasteiger partial charge in [-0.05, 0) is 67.1 Å². The van der Waals surface area contributed by atoms with Gasteiger partial charge in [-0.15, -0.1) is 0 Å². The van der Waals surface area contributed by atoms with Gasteiger partial charge in [0.2, 0.25) is 0 Å². The standard InChI is InChI=1S/C27H26N6O2S/c1-19-4-14-24(15-5-19)36(34,35)31-22-10-8-21(9-11-22)29-26-16-17-33-27(30-26)25(18-28-33)20-6-12-23(13-7-20)32(2)3/h4-18,31H,1-3H3,(H,29,30). The molecule has 3 aromatic carbocycles. The highest BCUT2D eigenvalue weighted by atomic mass is 32.2. The summed E-state index contributed by atoms with van der Waals surface area (Å²) in [4.78, 5) is 7.04. The highest BCUT2D eigenvalue weighted by molar-refractivity contribution is 7.92. The van der Waals surface area contributed by atoms with Crippen molar-refractivity contribution in [2.45, 2.75) is 11.8 Å². The predicted molar refractivity (Wildman–Crippen MR) is 144 cm³/mol. The molecule has 0 unspecified atom stereocenters. The third-order valence-electron chi connectivity index (χ3n) is 5.80. The zero-order chi connectivity index (χ0) is 25.3. The molecule has 0 bridgehead atoms. The summed E-state index contributed by atoms with van der Waals surface area (Å²) in [7, 11) is 0.365. The molecule has 2 heterocycles. The Bertz CT molecular complexity index is 1610. The van der Waals surface area contributed by atoms with Gasteiger partial charge in [0.1, 0.15) is 5.82 Å². The van der Waals surface area contributed by atoms with Crippen LogP contribution in [0.3, 0.4) is 0 Å². The second-order valence-electron chi connectivity index (χ2n) is 8.70. The minimum Gasteiger partial charge on any atom is -0.378 e. The molecule has 5 aromatic rings. The van der Waals surface area contributed by atoms with Gasteiger partial charge in [-0.3, -0.25) is 4.72 Å². The lowest BCUT2D eigenvalue weighted by atomic mass is 10.1. The Kier molecular flexibility index (Phi) is 6.07. The van der Waals surface area contributed by atoms with Gasteiger partial charge < -0.3 is 10.2 Å². The van der Waals surface area contributed by atoms with Crippen molar-refractivity contribution >= 4 is 38.6 Å². The first-order valence-electron chi connectivity index (χ1n) is 11.4. The summed E-state index contributed by atoms with van der Waals surface area (Å²) in [5, 5.41) is 7.71. The van der Waals surface area contributed by atoms with Crippen LogP contribution >= 0.6 is 0 Å². The minimum atomic E-state index is -3.65. The van der Waals surface area contributed by atoms with Crippen molar-refractivity contribution in [3.8, 4) is 11.1 Å². The molecule has 0 aliphatic carbocycles. The monoisotopic (exact) mass is 498 g/mol. The first-order chi connectivity index (χ1) is 17.3. The number of nitrogens with zero attached hydrogens (tertiary/aromatic N) is 4. The van der Waals surface area contributed by atoms with E-state index in [1.54, 1.807) is 53.0 Å². The first kappa shape index (κ1) is 23.4. The zero-order valence-electron chi connectivity index (χ0n) is 20.2. The number of hydrogen-bond donors (Lipinski definition) is 2. The number of hydrogen-bond acceptors (Lipinski definition) is 6. The molecule has 0 atom stereocenters. The van der Waals surface area contributed by atoms with E-state index in [1.165, 1.54) is 0 Å². The quantitative estimate of drug-likeness (QED) is 0.316. The van der Waals surface area contributed by atoms with Crippen molar-refractivity contribution in [2.75, 3.05) is 29.0 Å². The van der Waals surface area contributed by atoms with E-state index in [-0.39, 0.29) is 4.90 Å². The second kappa shape index (κ2) is 9.35. The number of sulfonamides is 1. The summed E-state index contributed by atoms with van der Waals surface area (Å²) in [6, 6.07) is 23.9. The van der Waals surface area contributed by atoms with Crippen LogP contribution in [0.25, 0.3) is 16.8 Å². The van der Waals surface area contributed by atoms with Crippen LogP contribution in [0.5, 0.6) is 0 Å². The maximum atomic E-state index is 12.6. The maximum absolute atomic E-state index is 12.6. The predicted octanol–water partition coefficient (Wildman–Crippen LogP) is 5.32. The lowest BCUT2D eigenvalue weighted by molar-refractivity contribution is 0.601. The fourth-order valence-electron chi connectivity index (χ4n) is 3.78. The molecule has 0 aliphatic rings. The molecule has 36 heavy (non-hydrogen) atoms. The first-order valence-corrected chi connectivity index (χ1v) is 12.9. The highest BCUT2D eigenvalue weighted by Gasteiger charge is 2.14. The van der Waals surface area contributed by atoms with E-state index >= 15 is 0 Å². The number of fused-ring (bicyclic) bond motifs is 1. The van der Waals surface area contributed by atoms with Gasteiger partial charge in [0.05, 0.1) is 11.1 Å². The summed E-state index contributed by atoms with van der Waals surface area (Å²) >= 11 is 0. The summed E-state index contributed by atoms with van der Waals surface area (Å²) in [5.74, 6) is 0.655. The molecule has 5 rings (SSSR count). The molecule has 182 valence electrons. The summed E-state index contributed by atoms with van der Waals surface area (Å²) < 4.78 is 29.6. The highest BCUT2D eigenvalue weighted by Crippen LogP contribution is 2.27. The zero-order valence-corrected chi connectivity index (χ0v) is 21.0. The number of aryl methyl sites for hydroxylation is 1. The maximum Gasteiger partial charge on any atom is 0.261 e. The Morgan fingerprint density at radius 1 is 0.833 bits per heavy atom. The Morgan fingerprint density at radius 2 is 1.50 bits per heavy atom. The molecule has 0 spiro atoms. The summed E-state index contributed by atoms with van der Waals surface area (Å²) in [6.07, 6.45) is 3.66. The fraction of sp³-hybridized carbons (Fsp3) is 0.111. The van der Waals surface area contributed by atoms with E-state index in [9.17, 15) is 8.42 Å². The van der Waals surface area contributed by atoms with Crippen molar-refractivity contribution in [1.29, 1.82) is 0 Å². The topological polar surface area (TPSA) is 91.6 Å². The summed E-state index contributed by atoms with van der Waals surface area (Å²) in [6.45, 7) is 1.92. The van der Waals surface area contributed by atoms with Gasteiger partial charge >= 0.3 is 0 Å². The molecule has 0 radical (unpaired) electrons. The minimum absolute atomic E-state index is 0.223. The lowest BCUT2D eigenvalue weighted by Crippen LogP contribution is -2.12. The van der Waals surface area contributed by atoms with E-state index < -0.39 is 10.0 Å². The number of rotatable bonds is 7. The number of benzene rings is 3. The Morgan fingerprint density at radius 3 is 2.17 bits per heavy atom. The van der Waals surface area contributed by atoms with Crippen molar-refractivity contribution < 1.29 is 8.42 Å². The number of anilines is 4. The molecule has 9 heteroatoms. The largest absolute Gasteiger partial charge is 0.378 e. The molecule has 0 saturated carbocycles. The van der Waals surface area contributed by atoms with Gasteiger partial charge in [0.15, 0.2) is 5.65 Å². The van der Waals surface area contributed by atoms with E-state index in [0.29, 0.717) is 11.5 Å². The van der Waals surface area contributed by atoms with Gasteiger partial charge in [-0.25, -0.2) is 17.9 Å². The molecule has 0 fully saturated rings. The number of nitrogens with one attached hydrogen (secondary N) is 2. The SMILES string of the molecule is Cc1ccc(S(=O)(=O)Nc2ccc(Nc3ccn4ncc(-c5ccc(N(C)C)cc5)c4n3)cc2)cc1. The van der Waals surface area contributed by atoms with E-state index in [2.05, 4.69) is 44.3 Å². The molecule has 2 aromatic heterocycles. The van der Waals surface area contributed by atoms with E-state index in [0.717, 1.165) is 33.7 Å². The van der Waals surface area contributed by atoms with E-state index in [1.807, 2.05) is 39.5 Å². The second-order valence-corrected chi connectivity index (χ2v) is 10.4. The van der Waals surface area contributed by atoms with Crippen molar-refractivity contribution in [2.24, 2.45) is 0 Å². The molecular weight excluding hydrogens is 472 g/mol. The number of aromatic nitrogens is 3. The van der Waals surface area contributed by atoms with Crippen molar-refractivity contribution in [3.05, 3.63) is 96.8 Å². The van der Waals surface area contributed by atoms with E-state index in [4.69, 9.17) is 4.98 Å². The third-order valence-corrected chi connectivity index (χ3v) is 7.20. The van der Waals surface area contributed by atoms with Crippen LogP contribution in [0.4, 0.5) is 22.9 Å². The molecule has 0 aliphatic heterocycles. The van der Waals surface area contributed by atoms with Crippen LogP contribution in [0, 0.1) is 6.92 Å². The molecule has 0 amide bonds. The molecular formula is C27H26N6O2S. The Balaban J connectivity index is 1.34. The fourth-order valence-corrected chi connectivity index (χ4v) is 4.84. The smallest absolute Gasteiger partial charge is 0.261 e. The Hall–Kier alpha value is -4.37. The van der Waals surface area contributed by atoms with Gasteiger partial charge in [-0.2, -0.15) is 5.10 Å². The lowest BCUT2D eigenvalue weighted by Gasteiger charge is -2.12. The normalized spacial score (nSPS) is 11.4. The van der Waals surface area contributed by atoms with Crippen LogP contribution in [0.15, 0.2) is 96.2 Å². The van der Waals surface area contributed by atoms with Crippen molar-refractivity contribution in [1.82, 2.24) is 14.6 Å². The van der Waals surface area contributed by atoms with Gasteiger partial charge in [0.25, 0.3) is 10.0 Å². The van der Waals surface area contributed by atoms with Crippen molar-refractivity contribution in [3.63, 3.8) is 0 Å². The van der Waals surface area contributed by atoms with Gasteiger partial charge in [0, 0.05) is 42.9 Å². The van der Waals surface area contributed by atoms with Crippen LogP contribution in [0.2, 0.25) is 0 Å². The van der Waals surface area contributed by atoms with Crippen LogP contribution in [-0.2, 0) is 10.0 Å².